The van der Waals surface area contributed by atoms with Crippen LogP contribution in [0.5, 0.6) is 5.75 Å². The second-order valence-corrected chi connectivity index (χ2v) is 5.42. The summed E-state index contributed by atoms with van der Waals surface area (Å²) in [7, 11) is 0. The molecule has 0 aliphatic rings. The number of ether oxygens (including phenoxy) is 1. The third-order valence-electron chi connectivity index (χ3n) is 2.81. The highest BCUT2D eigenvalue weighted by atomic mass is 79.9. The quantitative estimate of drug-likeness (QED) is 0.760. The zero-order valence-electron chi connectivity index (χ0n) is 11.5. The van der Waals surface area contributed by atoms with Gasteiger partial charge in [-0.2, -0.15) is 0 Å². The van der Waals surface area contributed by atoms with Gasteiger partial charge < -0.3 is 15.8 Å². The van der Waals surface area contributed by atoms with Gasteiger partial charge in [0.2, 0.25) is 0 Å². The van der Waals surface area contributed by atoms with Gasteiger partial charge in [-0.1, -0.05) is 35.7 Å². The SMILES string of the molecule is CCCCC(CN)NC(=O)COc1ccc(Br)cc1F. The van der Waals surface area contributed by atoms with E-state index in [0.717, 1.165) is 19.3 Å². The third-order valence-corrected chi connectivity index (χ3v) is 3.30. The van der Waals surface area contributed by atoms with Crippen molar-refractivity contribution in [1.29, 1.82) is 0 Å². The number of halogens is 2. The van der Waals surface area contributed by atoms with Gasteiger partial charge >= 0.3 is 0 Å². The van der Waals surface area contributed by atoms with Gasteiger partial charge in [0.05, 0.1) is 0 Å². The highest BCUT2D eigenvalue weighted by molar-refractivity contribution is 9.10. The van der Waals surface area contributed by atoms with Crippen molar-refractivity contribution in [2.75, 3.05) is 13.2 Å². The summed E-state index contributed by atoms with van der Waals surface area (Å²) in [5.41, 5.74) is 5.59. The molecule has 0 spiro atoms. The Labute approximate surface area is 127 Å². The molecule has 1 aromatic carbocycles. The van der Waals surface area contributed by atoms with Gasteiger partial charge in [0.25, 0.3) is 5.91 Å². The first kappa shape index (κ1) is 16.9. The number of nitrogens with one attached hydrogen (secondary N) is 1. The highest BCUT2D eigenvalue weighted by Gasteiger charge is 2.12. The van der Waals surface area contributed by atoms with Crippen LogP contribution >= 0.6 is 15.9 Å². The van der Waals surface area contributed by atoms with E-state index in [4.69, 9.17) is 10.5 Å². The summed E-state index contributed by atoms with van der Waals surface area (Å²) in [4.78, 5) is 11.7. The van der Waals surface area contributed by atoms with E-state index in [1.165, 1.54) is 12.1 Å². The van der Waals surface area contributed by atoms with Crippen LogP contribution in [0.4, 0.5) is 4.39 Å². The summed E-state index contributed by atoms with van der Waals surface area (Å²) in [5, 5.41) is 2.78. The third kappa shape index (κ3) is 5.88. The van der Waals surface area contributed by atoms with Crippen LogP contribution in [0.1, 0.15) is 26.2 Å². The minimum Gasteiger partial charge on any atom is -0.481 e. The van der Waals surface area contributed by atoms with Crippen molar-refractivity contribution in [3.8, 4) is 5.75 Å². The van der Waals surface area contributed by atoms with Crippen molar-refractivity contribution in [2.45, 2.75) is 32.2 Å². The Hall–Kier alpha value is -1.14. The van der Waals surface area contributed by atoms with Crippen molar-refractivity contribution in [2.24, 2.45) is 5.73 Å². The standard InChI is InChI=1S/C14H20BrFN2O2/c1-2-3-4-11(8-17)18-14(19)9-20-13-6-5-10(15)7-12(13)16/h5-7,11H,2-4,8-9,17H2,1H3,(H,18,19). The molecule has 0 saturated heterocycles. The molecule has 1 rings (SSSR count). The number of hydrogen-bond acceptors (Lipinski definition) is 3. The first-order chi connectivity index (χ1) is 9.56. The average Bonchev–Trinajstić information content (AvgIpc) is 2.42. The maximum absolute atomic E-state index is 13.5. The molecule has 1 aromatic rings. The molecule has 0 bridgehead atoms. The molecule has 112 valence electrons. The zero-order chi connectivity index (χ0) is 15.0. The van der Waals surface area contributed by atoms with E-state index in [1.807, 2.05) is 0 Å². The number of carbonyl (C=O) groups is 1. The van der Waals surface area contributed by atoms with Crippen LogP contribution < -0.4 is 15.8 Å². The van der Waals surface area contributed by atoms with E-state index >= 15 is 0 Å². The average molecular weight is 347 g/mol. The van der Waals surface area contributed by atoms with Crippen molar-refractivity contribution < 1.29 is 13.9 Å². The molecular weight excluding hydrogens is 327 g/mol. The Morgan fingerprint density at radius 3 is 2.90 bits per heavy atom. The lowest BCUT2D eigenvalue weighted by Crippen LogP contribution is -2.42. The van der Waals surface area contributed by atoms with Gasteiger partial charge in [-0.25, -0.2) is 4.39 Å². The molecule has 0 aliphatic heterocycles. The largest absolute Gasteiger partial charge is 0.481 e. The number of nitrogens with two attached hydrogens (primary N) is 1. The molecule has 0 aromatic heterocycles. The lowest BCUT2D eigenvalue weighted by atomic mass is 10.1. The summed E-state index contributed by atoms with van der Waals surface area (Å²) in [6.07, 6.45) is 2.89. The molecule has 0 fully saturated rings. The fourth-order valence-corrected chi connectivity index (χ4v) is 2.04. The molecular formula is C14H20BrFN2O2. The summed E-state index contributed by atoms with van der Waals surface area (Å²) in [6.45, 7) is 2.24. The van der Waals surface area contributed by atoms with Gasteiger partial charge in [-0.3, -0.25) is 4.79 Å². The van der Waals surface area contributed by atoms with E-state index in [9.17, 15) is 9.18 Å². The number of benzene rings is 1. The van der Waals surface area contributed by atoms with Crippen molar-refractivity contribution >= 4 is 21.8 Å². The fraction of sp³-hybridized carbons (Fsp3) is 0.500. The molecule has 0 saturated carbocycles. The second-order valence-electron chi connectivity index (χ2n) is 4.51. The summed E-state index contributed by atoms with van der Waals surface area (Å²) >= 11 is 3.15. The topological polar surface area (TPSA) is 64.3 Å². The fourth-order valence-electron chi connectivity index (χ4n) is 1.70. The Balaban J connectivity index is 2.42. The van der Waals surface area contributed by atoms with Crippen LogP contribution in [0.2, 0.25) is 0 Å². The summed E-state index contributed by atoms with van der Waals surface area (Å²) in [5.74, 6) is -0.742. The van der Waals surface area contributed by atoms with Crippen LogP contribution in [0.3, 0.4) is 0 Å². The van der Waals surface area contributed by atoms with E-state index in [1.54, 1.807) is 6.07 Å². The number of carbonyl (C=O) groups excluding carboxylic acids is 1. The smallest absolute Gasteiger partial charge is 0.258 e. The van der Waals surface area contributed by atoms with Gasteiger partial charge in [0.1, 0.15) is 0 Å². The van der Waals surface area contributed by atoms with Gasteiger partial charge in [0.15, 0.2) is 18.2 Å². The minimum atomic E-state index is -0.506. The Morgan fingerprint density at radius 1 is 1.55 bits per heavy atom. The van der Waals surface area contributed by atoms with E-state index < -0.39 is 5.82 Å². The van der Waals surface area contributed by atoms with Crippen molar-refractivity contribution in [1.82, 2.24) is 5.32 Å². The number of amides is 1. The first-order valence-electron chi connectivity index (χ1n) is 6.64. The summed E-state index contributed by atoms with van der Waals surface area (Å²) < 4.78 is 19.3. The Morgan fingerprint density at radius 2 is 2.30 bits per heavy atom. The molecule has 1 amide bonds. The first-order valence-corrected chi connectivity index (χ1v) is 7.43. The van der Waals surface area contributed by atoms with Crippen molar-refractivity contribution in [3.63, 3.8) is 0 Å². The van der Waals surface area contributed by atoms with Gasteiger partial charge in [-0.15, -0.1) is 0 Å². The predicted octanol–water partition coefficient (Wildman–Crippen LogP) is 2.60. The molecule has 0 aliphatic carbocycles. The highest BCUT2D eigenvalue weighted by Crippen LogP contribution is 2.21. The molecule has 0 radical (unpaired) electrons. The van der Waals surface area contributed by atoms with Crippen LogP contribution in [-0.2, 0) is 4.79 Å². The lowest BCUT2D eigenvalue weighted by molar-refractivity contribution is -0.123. The summed E-state index contributed by atoms with van der Waals surface area (Å²) in [6, 6.07) is 4.36. The molecule has 3 N–H and O–H groups in total. The Kier molecular flexibility index (Phi) is 7.54. The van der Waals surface area contributed by atoms with Crippen LogP contribution in [0, 0.1) is 5.82 Å². The molecule has 6 heteroatoms. The second kappa shape index (κ2) is 8.92. The minimum absolute atomic E-state index is 0.0548. The van der Waals surface area contributed by atoms with Gasteiger partial charge in [-0.05, 0) is 24.6 Å². The van der Waals surface area contributed by atoms with Crippen LogP contribution in [0.25, 0.3) is 0 Å². The van der Waals surface area contributed by atoms with Crippen molar-refractivity contribution in [3.05, 3.63) is 28.5 Å². The van der Waals surface area contributed by atoms with Crippen LogP contribution in [-0.4, -0.2) is 25.1 Å². The molecule has 1 atom stereocenters. The van der Waals surface area contributed by atoms with Gasteiger partial charge in [0, 0.05) is 17.1 Å². The number of rotatable bonds is 8. The maximum atomic E-state index is 13.5. The van der Waals surface area contributed by atoms with E-state index in [2.05, 4.69) is 28.2 Å². The maximum Gasteiger partial charge on any atom is 0.258 e. The normalized spacial score (nSPS) is 12.0. The molecule has 4 nitrogen and oxygen atoms in total. The molecule has 1 unspecified atom stereocenters. The predicted molar refractivity (Wildman–Crippen MR) is 80.1 cm³/mol. The number of hydrogen-bond donors (Lipinski definition) is 2. The lowest BCUT2D eigenvalue weighted by Gasteiger charge is -2.16. The van der Waals surface area contributed by atoms with E-state index in [0.29, 0.717) is 11.0 Å². The Bertz CT molecular complexity index is 443. The zero-order valence-corrected chi connectivity index (χ0v) is 13.1. The van der Waals surface area contributed by atoms with Crippen LogP contribution in [0.15, 0.2) is 22.7 Å². The van der Waals surface area contributed by atoms with E-state index in [-0.39, 0.29) is 24.3 Å². The molecule has 20 heavy (non-hydrogen) atoms. The number of unbranched alkanes of at least 4 members (excludes halogenated alkanes) is 1. The monoisotopic (exact) mass is 346 g/mol. The molecule has 0 heterocycles.